The zero-order chi connectivity index (χ0) is 13.1. The Bertz CT molecular complexity index is 514. The van der Waals surface area contributed by atoms with Crippen molar-refractivity contribution >= 4 is 27.3 Å². The van der Waals surface area contributed by atoms with Crippen molar-refractivity contribution in [1.29, 1.82) is 0 Å². The zero-order valence-electron chi connectivity index (χ0n) is 10.2. The molecule has 0 radical (unpaired) electrons. The summed E-state index contributed by atoms with van der Waals surface area (Å²) in [5.41, 5.74) is 0.874. The van der Waals surface area contributed by atoms with Crippen LogP contribution in [0.2, 0.25) is 0 Å². The maximum Gasteiger partial charge on any atom is 0.123 e. The molecule has 0 saturated heterocycles. The number of rotatable bonds is 4. The summed E-state index contributed by atoms with van der Waals surface area (Å²) in [6, 6.07) is 4.92. The standard InChI is InChI=1S/C13H14BrFN2S/c1-8(2)17-12(13-16-5-6-18-13)10-7-9(15)3-4-11(10)14/h3-8,12,17H,1-2H3. The smallest absolute Gasteiger partial charge is 0.123 e. The number of aromatic nitrogens is 1. The van der Waals surface area contributed by atoms with Crippen LogP contribution in [0.15, 0.2) is 34.2 Å². The van der Waals surface area contributed by atoms with Gasteiger partial charge in [0.1, 0.15) is 10.8 Å². The first-order chi connectivity index (χ1) is 8.58. The second kappa shape index (κ2) is 5.91. The van der Waals surface area contributed by atoms with E-state index in [0.29, 0.717) is 0 Å². The van der Waals surface area contributed by atoms with Crippen LogP contribution in [0, 0.1) is 5.82 Å². The van der Waals surface area contributed by atoms with Crippen LogP contribution in [0.5, 0.6) is 0 Å². The summed E-state index contributed by atoms with van der Waals surface area (Å²) in [5, 5.41) is 6.29. The highest BCUT2D eigenvalue weighted by Crippen LogP contribution is 2.30. The Morgan fingerprint density at radius 2 is 2.17 bits per heavy atom. The summed E-state index contributed by atoms with van der Waals surface area (Å²) in [4.78, 5) is 4.33. The van der Waals surface area contributed by atoms with E-state index in [1.165, 1.54) is 6.07 Å². The zero-order valence-corrected chi connectivity index (χ0v) is 12.6. The summed E-state index contributed by atoms with van der Waals surface area (Å²) in [6.07, 6.45) is 1.77. The second-order valence-electron chi connectivity index (χ2n) is 4.29. The molecule has 0 aliphatic heterocycles. The molecule has 1 unspecified atom stereocenters. The fourth-order valence-electron chi connectivity index (χ4n) is 1.74. The van der Waals surface area contributed by atoms with E-state index in [2.05, 4.69) is 40.1 Å². The van der Waals surface area contributed by atoms with Crippen molar-refractivity contribution in [3.63, 3.8) is 0 Å². The van der Waals surface area contributed by atoms with Gasteiger partial charge in [-0.1, -0.05) is 15.9 Å². The molecule has 0 saturated carbocycles. The minimum absolute atomic E-state index is 0.0879. The Kier molecular flexibility index (Phi) is 4.48. The molecule has 2 nitrogen and oxygen atoms in total. The molecule has 5 heteroatoms. The molecular formula is C13H14BrFN2S. The minimum Gasteiger partial charge on any atom is -0.302 e. The third-order valence-electron chi connectivity index (χ3n) is 2.47. The first kappa shape index (κ1) is 13.6. The molecule has 1 aromatic heterocycles. The summed E-state index contributed by atoms with van der Waals surface area (Å²) in [7, 11) is 0. The van der Waals surface area contributed by atoms with Crippen molar-refractivity contribution in [3.8, 4) is 0 Å². The van der Waals surface area contributed by atoms with Crippen LogP contribution in [0.25, 0.3) is 0 Å². The van der Waals surface area contributed by atoms with Gasteiger partial charge in [-0.25, -0.2) is 9.37 Å². The predicted octanol–water partition coefficient (Wildman–Crippen LogP) is 4.13. The molecule has 0 amide bonds. The maximum absolute atomic E-state index is 13.4. The average Bonchev–Trinajstić information content (AvgIpc) is 2.82. The Hall–Kier alpha value is -0.780. The van der Waals surface area contributed by atoms with Gasteiger partial charge in [0.05, 0.1) is 6.04 Å². The Morgan fingerprint density at radius 1 is 1.39 bits per heavy atom. The van der Waals surface area contributed by atoms with Crippen molar-refractivity contribution in [2.75, 3.05) is 0 Å². The van der Waals surface area contributed by atoms with Crippen molar-refractivity contribution in [2.24, 2.45) is 0 Å². The number of benzene rings is 1. The monoisotopic (exact) mass is 328 g/mol. The topological polar surface area (TPSA) is 24.9 Å². The number of nitrogens with zero attached hydrogens (tertiary/aromatic N) is 1. The van der Waals surface area contributed by atoms with Gasteiger partial charge in [-0.05, 0) is 37.6 Å². The van der Waals surface area contributed by atoms with Gasteiger partial charge in [-0.3, -0.25) is 0 Å². The van der Waals surface area contributed by atoms with Gasteiger partial charge in [0.2, 0.25) is 0 Å². The third-order valence-corrected chi connectivity index (χ3v) is 4.03. The molecule has 2 aromatic rings. The van der Waals surface area contributed by atoms with Gasteiger partial charge in [0, 0.05) is 22.1 Å². The molecule has 0 aliphatic rings. The highest BCUT2D eigenvalue weighted by molar-refractivity contribution is 9.10. The molecule has 96 valence electrons. The molecular weight excluding hydrogens is 315 g/mol. The Labute approximate surface area is 118 Å². The Balaban J connectivity index is 2.42. The van der Waals surface area contributed by atoms with E-state index >= 15 is 0 Å². The highest BCUT2D eigenvalue weighted by atomic mass is 79.9. The summed E-state index contributed by atoms with van der Waals surface area (Å²) in [5.74, 6) is -0.236. The molecule has 1 atom stereocenters. The van der Waals surface area contributed by atoms with Crippen molar-refractivity contribution in [2.45, 2.75) is 25.9 Å². The van der Waals surface area contributed by atoms with Gasteiger partial charge < -0.3 is 5.32 Å². The number of hydrogen-bond acceptors (Lipinski definition) is 3. The van der Waals surface area contributed by atoms with Gasteiger partial charge in [0.25, 0.3) is 0 Å². The minimum atomic E-state index is -0.236. The van der Waals surface area contributed by atoms with Gasteiger partial charge >= 0.3 is 0 Å². The van der Waals surface area contributed by atoms with E-state index in [0.717, 1.165) is 15.0 Å². The Morgan fingerprint density at radius 3 is 2.78 bits per heavy atom. The van der Waals surface area contributed by atoms with Crippen LogP contribution >= 0.6 is 27.3 Å². The van der Waals surface area contributed by atoms with E-state index in [4.69, 9.17) is 0 Å². The molecule has 1 heterocycles. The lowest BCUT2D eigenvalue weighted by atomic mass is 10.1. The molecule has 0 bridgehead atoms. The average molecular weight is 329 g/mol. The SMILES string of the molecule is CC(C)NC(c1nccs1)c1cc(F)ccc1Br. The molecule has 0 fully saturated rings. The van der Waals surface area contributed by atoms with Crippen LogP contribution in [-0.2, 0) is 0 Å². The summed E-state index contributed by atoms with van der Waals surface area (Å²) >= 11 is 5.04. The van der Waals surface area contributed by atoms with Crippen LogP contribution in [-0.4, -0.2) is 11.0 Å². The van der Waals surface area contributed by atoms with Crippen molar-refractivity contribution in [1.82, 2.24) is 10.3 Å². The lowest BCUT2D eigenvalue weighted by Crippen LogP contribution is -2.29. The third kappa shape index (κ3) is 3.16. The van der Waals surface area contributed by atoms with Crippen molar-refractivity contribution in [3.05, 3.63) is 50.6 Å². The molecule has 1 N–H and O–H groups in total. The lowest BCUT2D eigenvalue weighted by molar-refractivity contribution is 0.522. The second-order valence-corrected chi connectivity index (χ2v) is 6.07. The van der Waals surface area contributed by atoms with Crippen LogP contribution < -0.4 is 5.32 Å². The lowest BCUT2D eigenvalue weighted by Gasteiger charge is -2.21. The largest absolute Gasteiger partial charge is 0.302 e. The first-order valence-corrected chi connectivity index (χ1v) is 7.35. The summed E-state index contributed by atoms with van der Waals surface area (Å²) < 4.78 is 14.3. The summed E-state index contributed by atoms with van der Waals surface area (Å²) in [6.45, 7) is 4.13. The maximum atomic E-state index is 13.4. The molecule has 0 aliphatic carbocycles. The number of halogens is 2. The fourth-order valence-corrected chi connectivity index (χ4v) is 2.93. The van der Waals surface area contributed by atoms with E-state index in [1.807, 2.05) is 5.38 Å². The molecule has 1 aromatic carbocycles. The fraction of sp³-hybridized carbons (Fsp3) is 0.308. The normalized spacial score (nSPS) is 12.9. The number of nitrogens with one attached hydrogen (secondary N) is 1. The van der Waals surface area contributed by atoms with E-state index in [-0.39, 0.29) is 17.9 Å². The van der Waals surface area contributed by atoms with Gasteiger partial charge in [-0.2, -0.15) is 0 Å². The molecule has 0 spiro atoms. The predicted molar refractivity (Wildman–Crippen MR) is 76.3 cm³/mol. The van der Waals surface area contributed by atoms with Gasteiger partial charge in [0.15, 0.2) is 0 Å². The van der Waals surface area contributed by atoms with Crippen LogP contribution in [0.4, 0.5) is 4.39 Å². The first-order valence-electron chi connectivity index (χ1n) is 5.68. The number of thiazole rings is 1. The van der Waals surface area contributed by atoms with Crippen LogP contribution in [0.1, 0.15) is 30.5 Å². The number of hydrogen-bond donors (Lipinski definition) is 1. The van der Waals surface area contributed by atoms with Crippen molar-refractivity contribution < 1.29 is 4.39 Å². The van der Waals surface area contributed by atoms with E-state index in [9.17, 15) is 4.39 Å². The van der Waals surface area contributed by atoms with E-state index in [1.54, 1.807) is 29.7 Å². The van der Waals surface area contributed by atoms with Crippen LogP contribution in [0.3, 0.4) is 0 Å². The quantitative estimate of drug-likeness (QED) is 0.912. The molecule has 18 heavy (non-hydrogen) atoms. The van der Waals surface area contributed by atoms with E-state index < -0.39 is 0 Å². The van der Waals surface area contributed by atoms with Gasteiger partial charge in [-0.15, -0.1) is 11.3 Å². The molecule has 2 rings (SSSR count). The highest BCUT2D eigenvalue weighted by Gasteiger charge is 2.20.